The van der Waals surface area contributed by atoms with Crippen molar-refractivity contribution in [2.75, 3.05) is 13.1 Å². The van der Waals surface area contributed by atoms with Crippen molar-refractivity contribution in [2.45, 2.75) is 82.0 Å². The molecule has 1 aromatic carbocycles. The van der Waals surface area contributed by atoms with Gasteiger partial charge in [0.15, 0.2) is 5.75 Å². The van der Waals surface area contributed by atoms with Crippen LogP contribution in [0.4, 0.5) is 4.53 Å². The Morgan fingerprint density at radius 2 is 2.19 bits per heavy atom. The summed E-state index contributed by atoms with van der Waals surface area (Å²) in [5.41, 5.74) is 0.836. The Kier molecular flexibility index (Phi) is 4.00. The lowest BCUT2D eigenvalue weighted by Crippen LogP contribution is -2.73. The van der Waals surface area contributed by atoms with E-state index in [0.29, 0.717) is 5.75 Å². The molecule has 0 radical (unpaired) electrons. The number of hydrogen-bond acceptors (Lipinski definition) is 4. The van der Waals surface area contributed by atoms with Crippen LogP contribution in [0.3, 0.4) is 0 Å². The Hall–Kier alpha value is -1.33. The molecule has 2 bridgehead atoms. The summed E-state index contributed by atoms with van der Waals surface area (Å²) in [6.07, 6.45) is 7.30. The third-order valence-corrected chi connectivity index (χ3v) is 8.01. The molecule has 2 aliphatic heterocycles. The summed E-state index contributed by atoms with van der Waals surface area (Å²) in [7, 11) is 0. The van der Waals surface area contributed by atoms with Crippen molar-refractivity contribution in [3.05, 3.63) is 23.3 Å². The topological polar surface area (TPSA) is 41.9 Å². The van der Waals surface area contributed by atoms with Crippen LogP contribution in [0.25, 0.3) is 0 Å². The third-order valence-electron chi connectivity index (χ3n) is 8.01. The smallest absolute Gasteiger partial charge is 0.213 e. The fourth-order valence-electron chi connectivity index (χ4n) is 6.42. The van der Waals surface area contributed by atoms with Crippen molar-refractivity contribution >= 4 is 0 Å². The highest BCUT2D eigenvalue weighted by Gasteiger charge is 2.68. The number of nitrogens with zero attached hydrogens (tertiary/aromatic N) is 1. The molecule has 0 aromatic heterocycles. The Bertz CT molecular complexity index is 747. The van der Waals surface area contributed by atoms with Gasteiger partial charge in [-0.25, -0.2) is 0 Å². The zero-order chi connectivity index (χ0) is 18.8. The maximum absolute atomic E-state index is 13.2. The van der Waals surface area contributed by atoms with Crippen LogP contribution in [-0.2, 0) is 11.8 Å². The molecule has 5 rings (SSSR count). The molecule has 2 unspecified atom stereocenters. The highest BCUT2D eigenvalue weighted by Crippen LogP contribution is 2.62. The van der Waals surface area contributed by atoms with Gasteiger partial charge in [-0.1, -0.05) is 25.8 Å². The van der Waals surface area contributed by atoms with Crippen LogP contribution < -0.4 is 9.68 Å². The minimum Gasteiger partial charge on any atom is -0.485 e. The molecule has 4 nitrogen and oxygen atoms in total. The van der Waals surface area contributed by atoms with E-state index in [1.807, 2.05) is 13.0 Å². The van der Waals surface area contributed by atoms with Gasteiger partial charge in [0.25, 0.3) is 0 Å². The number of ether oxygens (including phenoxy) is 1. The molecular weight excluding hydrogens is 345 g/mol. The second-order valence-electron chi connectivity index (χ2n) is 9.28. The number of fused-ring (bicyclic) bond motifs is 1. The van der Waals surface area contributed by atoms with Crippen LogP contribution in [0.1, 0.15) is 63.5 Å². The predicted octanol–water partition coefficient (Wildman–Crippen LogP) is 3.93. The highest BCUT2D eigenvalue weighted by molar-refractivity contribution is 5.62. The Morgan fingerprint density at radius 1 is 1.37 bits per heavy atom. The van der Waals surface area contributed by atoms with Crippen LogP contribution in [-0.4, -0.2) is 40.8 Å². The van der Waals surface area contributed by atoms with Crippen LogP contribution in [0.15, 0.2) is 12.1 Å². The third kappa shape index (κ3) is 2.21. The second kappa shape index (κ2) is 6.08. The molecule has 148 valence electrons. The first-order valence-corrected chi connectivity index (χ1v) is 10.6. The van der Waals surface area contributed by atoms with Gasteiger partial charge in [-0.15, -0.1) is 0 Å². The van der Waals surface area contributed by atoms with Gasteiger partial charge < -0.3 is 9.84 Å². The first-order valence-electron chi connectivity index (χ1n) is 10.6. The normalized spacial score (nSPS) is 37.5. The van der Waals surface area contributed by atoms with Gasteiger partial charge in [-0.3, -0.25) is 9.84 Å². The molecule has 2 fully saturated rings. The molecule has 1 saturated heterocycles. The van der Waals surface area contributed by atoms with E-state index in [1.165, 1.54) is 24.8 Å². The zero-order valence-electron chi connectivity index (χ0n) is 16.3. The van der Waals surface area contributed by atoms with Crippen molar-refractivity contribution in [3.8, 4) is 11.5 Å². The maximum Gasteiger partial charge on any atom is 0.213 e. The summed E-state index contributed by atoms with van der Waals surface area (Å²) in [6, 6.07) is 3.75. The van der Waals surface area contributed by atoms with Crippen molar-refractivity contribution in [1.29, 1.82) is 0 Å². The predicted molar refractivity (Wildman–Crippen MR) is 101 cm³/mol. The van der Waals surface area contributed by atoms with Crippen LogP contribution in [0.5, 0.6) is 11.5 Å². The van der Waals surface area contributed by atoms with Gasteiger partial charge in [0.05, 0.1) is 11.0 Å². The van der Waals surface area contributed by atoms with E-state index in [2.05, 4.69) is 16.8 Å². The fraction of sp³-hybridized carbons (Fsp3) is 0.727. The van der Waals surface area contributed by atoms with Gasteiger partial charge in [0, 0.05) is 22.7 Å². The van der Waals surface area contributed by atoms with Crippen molar-refractivity contribution < 1.29 is 19.3 Å². The van der Waals surface area contributed by atoms with Gasteiger partial charge in [-0.05, 0) is 63.1 Å². The molecule has 27 heavy (non-hydrogen) atoms. The number of rotatable bonds is 5. The van der Waals surface area contributed by atoms with E-state index < -0.39 is 11.0 Å². The summed E-state index contributed by atoms with van der Waals surface area (Å²) in [4.78, 5) is 6.66. The number of aliphatic hydroxyl groups is 1. The van der Waals surface area contributed by atoms with E-state index >= 15 is 0 Å². The average Bonchev–Trinajstić information content (AvgIpc) is 2.92. The summed E-state index contributed by atoms with van der Waals surface area (Å²) < 4.78 is 19.5. The minimum atomic E-state index is -0.901. The van der Waals surface area contributed by atoms with Crippen molar-refractivity contribution in [2.24, 2.45) is 5.92 Å². The molecule has 1 N–H and O–H groups in total. The van der Waals surface area contributed by atoms with E-state index in [0.717, 1.165) is 50.3 Å². The lowest BCUT2D eigenvalue weighted by molar-refractivity contribution is -0.158. The van der Waals surface area contributed by atoms with E-state index in [4.69, 9.17) is 4.74 Å². The largest absolute Gasteiger partial charge is 0.485 e. The summed E-state index contributed by atoms with van der Waals surface area (Å²) in [6.45, 7) is 6.19. The second-order valence-corrected chi connectivity index (χ2v) is 9.28. The van der Waals surface area contributed by atoms with Crippen molar-refractivity contribution in [3.63, 3.8) is 0 Å². The summed E-state index contributed by atoms with van der Waals surface area (Å²) in [5, 5.41) is 12.0. The molecule has 2 aliphatic carbocycles. The van der Waals surface area contributed by atoms with Gasteiger partial charge in [-0.2, -0.15) is 0 Å². The van der Waals surface area contributed by atoms with E-state index in [1.54, 1.807) is 6.07 Å². The number of hydrogen-bond donors (Lipinski definition) is 1. The molecule has 1 aromatic rings. The molecule has 0 amide bonds. The monoisotopic (exact) mass is 375 g/mol. The average molecular weight is 375 g/mol. The van der Waals surface area contributed by atoms with Gasteiger partial charge >= 0.3 is 0 Å². The minimum absolute atomic E-state index is 0.0883. The molecule has 4 atom stereocenters. The number of halogens is 1. The molecule has 2 heterocycles. The van der Waals surface area contributed by atoms with Crippen LogP contribution >= 0.6 is 0 Å². The van der Waals surface area contributed by atoms with Crippen LogP contribution in [0, 0.1) is 5.92 Å². The Morgan fingerprint density at radius 3 is 2.85 bits per heavy atom. The Labute approximate surface area is 160 Å². The van der Waals surface area contributed by atoms with E-state index in [9.17, 15) is 9.63 Å². The summed E-state index contributed by atoms with van der Waals surface area (Å²) >= 11 is 0. The lowest BCUT2D eigenvalue weighted by atomic mass is 9.53. The SMILES string of the molecule is CCCC1Oc2c(OF)ccc3c2[C@@]12CCN(CC1CCC1)C(C3)[C@@]2(C)O. The first-order chi connectivity index (χ1) is 13.0. The molecule has 5 heteroatoms. The first kappa shape index (κ1) is 17.7. The quantitative estimate of drug-likeness (QED) is 0.847. The lowest BCUT2D eigenvalue weighted by Gasteiger charge is -2.60. The molecular formula is C22H30FNO3. The molecule has 1 saturated carbocycles. The van der Waals surface area contributed by atoms with Crippen molar-refractivity contribution in [1.82, 2.24) is 4.90 Å². The number of benzene rings is 1. The molecule has 1 spiro atoms. The molecule has 4 aliphatic rings. The van der Waals surface area contributed by atoms with E-state index in [-0.39, 0.29) is 17.9 Å². The maximum atomic E-state index is 13.2. The zero-order valence-corrected chi connectivity index (χ0v) is 16.3. The summed E-state index contributed by atoms with van der Waals surface area (Å²) in [5.74, 6) is 1.46. The number of piperidine rings is 1. The number of likely N-dealkylation sites (tertiary alicyclic amines) is 1. The van der Waals surface area contributed by atoms with Crippen LogP contribution in [0.2, 0.25) is 0 Å². The Balaban J connectivity index is 1.62. The fourth-order valence-corrected chi connectivity index (χ4v) is 6.42. The van der Waals surface area contributed by atoms with Gasteiger partial charge in [0.1, 0.15) is 6.10 Å². The standard InChI is InChI=1S/C22H30FNO3/c1-3-5-18-22-10-11-24(13-14-6-4-7-14)17(21(22,2)25)12-15-8-9-16(27-23)20(26-18)19(15)22/h8-9,14,17-18,25H,3-7,10-13H2,1-2H3/t17?,18?,21-,22-/m1/s1. The van der Waals surface area contributed by atoms with Gasteiger partial charge in [0.2, 0.25) is 5.75 Å². The highest BCUT2D eigenvalue weighted by atomic mass is 19.3.